The summed E-state index contributed by atoms with van der Waals surface area (Å²) in [5, 5.41) is 2.91. The molecule has 0 spiro atoms. The monoisotopic (exact) mass is 304 g/mol. The van der Waals surface area contributed by atoms with Gasteiger partial charge in [0.1, 0.15) is 6.54 Å². The molecule has 1 atom stereocenters. The highest BCUT2D eigenvalue weighted by atomic mass is 32.2. The molecule has 1 amide bonds. The summed E-state index contributed by atoms with van der Waals surface area (Å²) in [6.45, 7) is -1.24. The smallest absolute Gasteiger partial charge is 0.328 e. The van der Waals surface area contributed by atoms with Gasteiger partial charge in [0.05, 0.1) is 6.04 Å². The number of halogens is 3. The fraction of sp³-hybridized carbons (Fsp3) is 0.462. The van der Waals surface area contributed by atoms with E-state index in [2.05, 4.69) is 5.32 Å². The van der Waals surface area contributed by atoms with Crippen LogP contribution in [0.4, 0.5) is 13.2 Å². The molecule has 1 aromatic carbocycles. The molecule has 1 N–H and O–H groups in total. The number of amides is 1. The van der Waals surface area contributed by atoms with Crippen LogP contribution in [0.5, 0.6) is 0 Å². The standard InChI is InChI=1S/C13H15F3N2OS/c14-13(15,16)8-18(6-10-4-2-1-3-5-10)12(19)11-7-20-9-17-11/h1-5,11,17H,6-9H2. The maximum absolute atomic E-state index is 12.6. The van der Waals surface area contributed by atoms with Crippen LogP contribution in [0.2, 0.25) is 0 Å². The predicted molar refractivity (Wildman–Crippen MR) is 72.2 cm³/mol. The van der Waals surface area contributed by atoms with E-state index in [4.69, 9.17) is 0 Å². The molecule has 20 heavy (non-hydrogen) atoms. The molecule has 1 aliphatic heterocycles. The summed E-state index contributed by atoms with van der Waals surface area (Å²) in [5.41, 5.74) is 0.691. The van der Waals surface area contributed by atoms with Crippen LogP contribution in [0.15, 0.2) is 30.3 Å². The number of carbonyl (C=O) groups is 1. The number of benzene rings is 1. The minimum absolute atomic E-state index is 0.0258. The Balaban J connectivity index is 2.09. The van der Waals surface area contributed by atoms with Crippen molar-refractivity contribution in [2.75, 3.05) is 18.2 Å². The molecule has 1 fully saturated rings. The Morgan fingerprint density at radius 3 is 2.60 bits per heavy atom. The first-order chi connectivity index (χ1) is 9.46. The molecule has 3 nitrogen and oxygen atoms in total. The van der Waals surface area contributed by atoms with Gasteiger partial charge < -0.3 is 4.90 Å². The fourth-order valence-electron chi connectivity index (χ4n) is 2.01. The Kier molecular flexibility index (Phi) is 4.93. The Hall–Kier alpha value is -1.21. The maximum Gasteiger partial charge on any atom is 0.406 e. The second-order valence-electron chi connectivity index (χ2n) is 4.57. The van der Waals surface area contributed by atoms with Crippen LogP contribution in [0.1, 0.15) is 5.56 Å². The molecule has 1 unspecified atom stereocenters. The molecule has 7 heteroatoms. The van der Waals surface area contributed by atoms with Crippen molar-refractivity contribution >= 4 is 17.7 Å². The highest BCUT2D eigenvalue weighted by Gasteiger charge is 2.36. The molecule has 1 aromatic rings. The third kappa shape index (κ3) is 4.42. The molecular weight excluding hydrogens is 289 g/mol. The summed E-state index contributed by atoms with van der Waals surface area (Å²) >= 11 is 1.51. The van der Waals surface area contributed by atoms with Gasteiger partial charge in [0.2, 0.25) is 5.91 Å². The van der Waals surface area contributed by atoms with E-state index >= 15 is 0 Å². The third-order valence-electron chi connectivity index (χ3n) is 2.91. The predicted octanol–water partition coefficient (Wildman–Crippen LogP) is 2.24. The highest BCUT2D eigenvalue weighted by Crippen LogP contribution is 2.20. The van der Waals surface area contributed by atoms with Crippen molar-refractivity contribution in [3.05, 3.63) is 35.9 Å². The lowest BCUT2D eigenvalue weighted by molar-refractivity contribution is -0.163. The minimum atomic E-state index is -4.39. The molecule has 1 heterocycles. The van der Waals surface area contributed by atoms with Gasteiger partial charge in [-0.1, -0.05) is 30.3 Å². The van der Waals surface area contributed by atoms with Gasteiger partial charge in [-0.3, -0.25) is 10.1 Å². The number of hydrogen-bond acceptors (Lipinski definition) is 3. The number of carbonyl (C=O) groups excluding carboxylic acids is 1. The first kappa shape index (κ1) is 15.2. The summed E-state index contributed by atoms with van der Waals surface area (Å²) in [6.07, 6.45) is -4.39. The summed E-state index contributed by atoms with van der Waals surface area (Å²) in [6, 6.07) is 8.19. The average molecular weight is 304 g/mol. The lowest BCUT2D eigenvalue weighted by Crippen LogP contribution is -2.47. The molecule has 0 aliphatic carbocycles. The van der Waals surface area contributed by atoms with Gasteiger partial charge >= 0.3 is 6.18 Å². The fourth-order valence-corrected chi connectivity index (χ4v) is 2.94. The lowest BCUT2D eigenvalue weighted by Gasteiger charge is -2.26. The topological polar surface area (TPSA) is 32.3 Å². The molecular formula is C13H15F3N2OS. The van der Waals surface area contributed by atoms with Crippen LogP contribution in [0.25, 0.3) is 0 Å². The molecule has 0 saturated carbocycles. The number of thioether (sulfide) groups is 1. The van der Waals surface area contributed by atoms with Gasteiger partial charge in [-0.25, -0.2) is 0 Å². The summed E-state index contributed by atoms with van der Waals surface area (Å²) in [4.78, 5) is 13.1. The van der Waals surface area contributed by atoms with Crippen molar-refractivity contribution in [2.45, 2.75) is 18.8 Å². The van der Waals surface area contributed by atoms with Crippen LogP contribution in [-0.2, 0) is 11.3 Å². The van der Waals surface area contributed by atoms with E-state index in [1.807, 2.05) is 0 Å². The van der Waals surface area contributed by atoms with Crippen molar-refractivity contribution in [1.29, 1.82) is 0 Å². The van der Waals surface area contributed by atoms with Crippen molar-refractivity contribution < 1.29 is 18.0 Å². The van der Waals surface area contributed by atoms with Crippen molar-refractivity contribution in [1.82, 2.24) is 10.2 Å². The zero-order valence-corrected chi connectivity index (χ0v) is 11.5. The van der Waals surface area contributed by atoms with Crippen molar-refractivity contribution in [2.24, 2.45) is 0 Å². The van der Waals surface area contributed by atoms with Crippen LogP contribution in [0.3, 0.4) is 0 Å². The van der Waals surface area contributed by atoms with Crippen molar-refractivity contribution in [3.63, 3.8) is 0 Å². The van der Waals surface area contributed by atoms with Crippen LogP contribution in [0, 0.1) is 0 Å². The van der Waals surface area contributed by atoms with E-state index in [1.54, 1.807) is 30.3 Å². The lowest BCUT2D eigenvalue weighted by atomic mass is 10.2. The van der Waals surface area contributed by atoms with Gasteiger partial charge in [0, 0.05) is 18.2 Å². The molecule has 0 radical (unpaired) electrons. The van der Waals surface area contributed by atoms with Crippen LogP contribution >= 0.6 is 11.8 Å². The summed E-state index contributed by atoms with van der Waals surface area (Å²) in [5.74, 6) is 0.625. The third-order valence-corrected chi connectivity index (χ3v) is 3.85. The number of nitrogens with one attached hydrogen (secondary N) is 1. The molecule has 110 valence electrons. The first-order valence-corrected chi connectivity index (χ1v) is 7.32. The van der Waals surface area contributed by atoms with E-state index in [9.17, 15) is 18.0 Å². The Labute approximate surface area is 119 Å². The Morgan fingerprint density at radius 1 is 1.35 bits per heavy atom. The second-order valence-corrected chi connectivity index (χ2v) is 5.60. The van der Waals surface area contributed by atoms with E-state index in [1.165, 1.54) is 11.8 Å². The minimum Gasteiger partial charge on any atom is -0.328 e. The molecule has 1 aliphatic rings. The van der Waals surface area contributed by atoms with Gasteiger partial charge in [-0.2, -0.15) is 13.2 Å². The zero-order valence-electron chi connectivity index (χ0n) is 10.7. The van der Waals surface area contributed by atoms with E-state index < -0.39 is 24.7 Å². The maximum atomic E-state index is 12.6. The zero-order chi connectivity index (χ0) is 14.6. The van der Waals surface area contributed by atoms with Gasteiger partial charge in [0.15, 0.2) is 0 Å². The van der Waals surface area contributed by atoms with Gasteiger partial charge in [-0.05, 0) is 5.56 Å². The number of hydrogen-bond donors (Lipinski definition) is 1. The first-order valence-electron chi connectivity index (χ1n) is 6.16. The SMILES string of the molecule is O=C(C1CSCN1)N(Cc1ccccc1)CC(F)(F)F. The highest BCUT2D eigenvalue weighted by molar-refractivity contribution is 7.99. The van der Waals surface area contributed by atoms with E-state index in [0.29, 0.717) is 17.2 Å². The molecule has 0 bridgehead atoms. The second kappa shape index (κ2) is 6.49. The Morgan fingerprint density at radius 2 is 2.05 bits per heavy atom. The van der Waals surface area contributed by atoms with E-state index in [-0.39, 0.29) is 6.54 Å². The van der Waals surface area contributed by atoms with Crippen molar-refractivity contribution in [3.8, 4) is 0 Å². The van der Waals surface area contributed by atoms with Gasteiger partial charge in [-0.15, -0.1) is 11.8 Å². The van der Waals surface area contributed by atoms with Crippen LogP contribution in [-0.4, -0.2) is 41.2 Å². The molecule has 2 rings (SSSR count). The quantitative estimate of drug-likeness (QED) is 0.926. The molecule has 0 aromatic heterocycles. The molecule has 1 saturated heterocycles. The number of alkyl halides is 3. The van der Waals surface area contributed by atoms with Crippen LogP contribution < -0.4 is 5.32 Å². The normalized spacial score (nSPS) is 19.1. The summed E-state index contributed by atoms with van der Waals surface area (Å²) in [7, 11) is 0. The van der Waals surface area contributed by atoms with E-state index in [0.717, 1.165) is 4.90 Å². The Bertz CT molecular complexity index is 447. The summed E-state index contributed by atoms with van der Waals surface area (Å²) < 4.78 is 37.9. The number of nitrogens with zero attached hydrogens (tertiary/aromatic N) is 1. The average Bonchev–Trinajstić information content (AvgIpc) is 2.90. The number of rotatable bonds is 4. The van der Waals surface area contributed by atoms with Gasteiger partial charge in [0.25, 0.3) is 0 Å². The largest absolute Gasteiger partial charge is 0.406 e.